The number of nitrogens with one attached hydrogen (secondary N) is 2. The maximum atomic E-state index is 12.9. The third-order valence-corrected chi connectivity index (χ3v) is 6.31. The number of aliphatic hydroxyl groups is 1. The molecule has 5 rings (SSSR count). The quantitative estimate of drug-likeness (QED) is 0.357. The first kappa shape index (κ1) is 23.0. The molecule has 1 fully saturated rings. The average Bonchev–Trinajstić information content (AvgIpc) is 3.32. The molecule has 8 heteroatoms. The smallest absolute Gasteiger partial charge is 0.261 e. The SMILES string of the molecule is Cc1cc(N2CCOCC2)cc2[nH]c(-c3c(N=CC(CO)Cc4ccccc4)cc[nH]c3=O)nc12. The van der Waals surface area contributed by atoms with E-state index in [0.717, 1.165) is 40.9 Å². The van der Waals surface area contributed by atoms with Gasteiger partial charge in [0, 0.05) is 37.1 Å². The Balaban J connectivity index is 1.48. The van der Waals surface area contributed by atoms with Crippen LogP contribution in [0, 0.1) is 12.8 Å². The average molecular weight is 472 g/mol. The molecule has 1 unspecified atom stereocenters. The highest BCUT2D eigenvalue weighted by atomic mass is 16.5. The molecular formula is C27H29N5O3. The van der Waals surface area contributed by atoms with E-state index in [1.807, 2.05) is 37.3 Å². The number of fused-ring (bicyclic) bond motifs is 1. The van der Waals surface area contributed by atoms with Gasteiger partial charge in [0.1, 0.15) is 11.4 Å². The zero-order chi connectivity index (χ0) is 24.2. The Morgan fingerprint density at radius 2 is 2.00 bits per heavy atom. The standard InChI is InChI=1S/C27H29N5O3/c1-18-13-21(32-9-11-35-12-10-32)15-23-25(18)31-26(30-23)24-22(7-8-28-27(24)34)29-16-20(17-33)14-19-5-3-2-4-6-19/h2-8,13,15-16,20,33H,9-12,14,17H2,1H3,(H,28,34)(H,30,31). The first-order chi connectivity index (χ1) is 17.1. The minimum Gasteiger partial charge on any atom is -0.396 e. The van der Waals surface area contributed by atoms with Crippen LogP contribution < -0.4 is 10.5 Å². The Kier molecular flexibility index (Phi) is 6.74. The molecule has 8 nitrogen and oxygen atoms in total. The van der Waals surface area contributed by atoms with Gasteiger partial charge in [-0.1, -0.05) is 30.3 Å². The van der Waals surface area contributed by atoms with Crippen molar-refractivity contribution in [1.29, 1.82) is 0 Å². The van der Waals surface area contributed by atoms with Crippen LogP contribution in [-0.4, -0.2) is 59.2 Å². The highest BCUT2D eigenvalue weighted by Gasteiger charge is 2.18. The number of hydrogen-bond acceptors (Lipinski definition) is 6. The van der Waals surface area contributed by atoms with Gasteiger partial charge in [-0.05, 0) is 42.7 Å². The van der Waals surface area contributed by atoms with Gasteiger partial charge >= 0.3 is 0 Å². The highest BCUT2D eigenvalue weighted by Crippen LogP contribution is 2.30. The minimum absolute atomic E-state index is 0.0366. The van der Waals surface area contributed by atoms with E-state index in [9.17, 15) is 9.90 Å². The second-order valence-corrected chi connectivity index (χ2v) is 8.82. The van der Waals surface area contributed by atoms with Crippen LogP contribution in [0.4, 0.5) is 11.4 Å². The molecule has 35 heavy (non-hydrogen) atoms. The molecule has 1 saturated heterocycles. The molecule has 1 aliphatic rings. The molecule has 180 valence electrons. The van der Waals surface area contributed by atoms with E-state index in [4.69, 9.17) is 9.72 Å². The van der Waals surface area contributed by atoms with E-state index in [1.54, 1.807) is 18.5 Å². The predicted octanol–water partition coefficient (Wildman–Crippen LogP) is 3.62. The zero-order valence-electron chi connectivity index (χ0n) is 19.7. The Morgan fingerprint density at radius 3 is 2.77 bits per heavy atom. The molecule has 1 atom stereocenters. The number of anilines is 1. The number of aryl methyl sites for hydroxylation is 1. The molecule has 0 spiro atoms. The molecule has 0 aliphatic carbocycles. The maximum absolute atomic E-state index is 12.9. The van der Waals surface area contributed by atoms with E-state index in [-0.39, 0.29) is 18.1 Å². The topological polar surface area (TPSA) is 107 Å². The molecule has 0 saturated carbocycles. The molecule has 0 amide bonds. The normalized spacial score (nSPS) is 15.2. The Labute approximate surface area is 203 Å². The number of rotatable bonds is 7. The zero-order valence-corrected chi connectivity index (χ0v) is 19.7. The lowest BCUT2D eigenvalue weighted by atomic mass is 10.0. The summed E-state index contributed by atoms with van der Waals surface area (Å²) in [4.78, 5) is 30.6. The van der Waals surface area contributed by atoms with Crippen molar-refractivity contribution in [1.82, 2.24) is 15.0 Å². The number of aliphatic imine (C=N–C) groups is 1. The molecular weight excluding hydrogens is 442 g/mol. The van der Waals surface area contributed by atoms with E-state index < -0.39 is 0 Å². The van der Waals surface area contributed by atoms with Crippen LogP contribution in [0.5, 0.6) is 0 Å². The van der Waals surface area contributed by atoms with Crippen molar-refractivity contribution in [3.05, 3.63) is 76.2 Å². The number of nitrogens with zero attached hydrogens (tertiary/aromatic N) is 3. The number of H-pyrrole nitrogens is 2. The van der Waals surface area contributed by atoms with Crippen molar-refractivity contribution in [2.75, 3.05) is 37.8 Å². The minimum atomic E-state index is -0.270. The highest BCUT2D eigenvalue weighted by molar-refractivity contribution is 5.87. The van der Waals surface area contributed by atoms with Crippen LogP contribution in [-0.2, 0) is 11.2 Å². The molecule has 2 aromatic heterocycles. The molecule has 2 aromatic carbocycles. The van der Waals surface area contributed by atoms with Crippen LogP contribution in [0.3, 0.4) is 0 Å². The summed E-state index contributed by atoms with van der Waals surface area (Å²) in [6, 6.07) is 15.9. The number of benzene rings is 2. The molecule has 1 aliphatic heterocycles. The predicted molar refractivity (Wildman–Crippen MR) is 139 cm³/mol. The van der Waals surface area contributed by atoms with Crippen LogP contribution in [0.2, 0.25) is 0 Å². The number of morpholine rings is 1. The number of aromatic amines is 2. The summed E-state index contributed by atoms with van der Waals surface area (Å²) < 4.78 is 5.48. The molecule has 3 N–H and O–H groups in total. The van der Waals surface area contributed by atoms with Gasteiger partial charge in [-0.15, -0.1) is 0 Å². The lowest BCUT2D eigenvalue weighted by molar-refractivity contribution is 0.122. The fraction of sp³-hybridized carbons (Fsp3) is 0.296. The summed E-state index contributed by atoms with van der Waals surface area (Å²) in [5.41, 5.74) is 5.58. The van der Waals surface area contributed by atoms with E-state index >= 15 is 0 Å². The summed E-state index contributed by atoms with van der Waals surface area (Å²) in [6.45, 7) is 5.11. The summed E-state index contributed by atoms with van der Waals surface area (Å²) in [5, 5.41) is 9.88. The van der Waals surface area contributed by atoms with Crippen LogP contribution in [0.15, 0.2) is 64.5 Å². The van der Waals surface area contributed by atoms with Crippen molar-refractivity contribution in [3.8, 4) is 11.4 Å². The Morgan fingerprint density at radius 1 is 1.20 bits per heavy atom. The summed E-state index contributed by atoms with van der Waals surface area (Å²) in [6.07, 6.45) is 3.96. The number of pyridine rings is 1. The van der Waals surface area contributed by atoms with Crippen molar-refractivity contribution in [3.63, 3.8) is 0 Å². The first-order valence-corrected chi connectivity index (χ1v) is 11.9. The lowest BCUT2D eigenvalue weighted by Crippen LogP contribution is -2.36. The van der Waals surface area contributed by atoms with Crippen molar-refractivity contribution >= 4 is 28.6 Å². The fourth-order valence-electron chi connectivity index (χ4n) is 4.47. The Hall–Kier alpha value is -3.75. The third-order valence-electron chi connectivity index (χ3n) is 6.31. The van der Waals surface area contributed by atoms with Crippen LogP contribution in [0.1, 0.15) is 11.1 Å². The van der Waals surface area contributed by atoms with Gasteiger partial charge in [0.25, 0.3) is 5.56 Å². The molecule has 3 heterocycles. The second kappa shape index (κ2) is 10.2. The second-order valence-electron chi connectivity index (χ2n) is 8.82. The summed E-state index contributed by atoms with van der Waals surface area (Å²) >= 11 is 0. The van der Waals surface area contributed by atoms with Crippen molar-refractivity contribution < 1.29 is 9.84 Å². The van der Waals surface area contributed by atoms with Crippen LogP contribution in [0.25, 0.3) is 22.4 Å². The van der Waals surface area contributed by atoms with Crippen molar-refractivity contribution in [2.24, 2.45) is 10.9 Å². The van der Waals surface area contributed by atoms with E-state index in [2.05, 4.69) is 32.0 Å². The number of ether oxygens (including phenoxy) is 1. The number of hydrogen-bond donors (Lipinski definition) is 3. The fourth-order valence-corrected chi connectivity index (χ4v) is 4.47. The maximum Gasteiger partial charge on any atom is 0.261 e. The summed E-state index contributed by atoms with van der Waals surface area (Å²) in [7, 11) is 0. The van der Waals surface area contributed by atoms with E-state index in [0.29, 0.717) is 36.7 Å². The van der Waals surface area contributed by atoms with Crippen molar-refractivity contribution in [2.45, 2.75) is 13.3 Å². The molecule has 0 bridgehead atoms. The van der Waals surface area contributed by atoms with Gasteiger partial charge in [0.15, 0.2) is 0 Å². The Bertz CT molecular complexity index is 1390. The monoisotopic (exact) mass is 471 g/mol. The van der Waals surface area contributed by atoms with Gasteiger partial charge in [-0.3, -0.25) is 9.79 Å². The van der Waals surface area contributed by atoms with Gasteiger partial charge < -0.3 is 24.7 Å². The first-order valence-electron chi connectivity index (χ1n) is 11.9. The molecule has 0 radical (unpaired) electrons. The van der Waals surface area contributed by atoms with Gasteiger partial charge in [-0.2, -0.15) is 0 Å². The number of aliphatic hydroxyl groups excluding tert-OH is 1. The molecule has 4 aromatic rings. The van der Waals surface area contributed by atoms with E-state index in [1.165, 1.54) is 0 Å². The largest absolute Gasteiger partial charge is 0.396 e. The van der Waals surface area contributed by atoms with Gasteiger partial charge in [0.2, 0.25) is 0 Å². The van der Waals surface area contributed by atoms with Gasteiger partial charge in [0.05, 0.1) is 36.5 Å². The number of aromatic nitrogens is 3. The third kappa shape index (κ3) is 5.03. The van der Waals surface area contributed by atoms with Gasteiger partial charge in [-0.25, -0.2) is 4.98 Å². The summed E-state index contributed by atoms with van der Waals surface area (Å²) in [5.74, 6) is 0.304. The number of imidazole rings is 1. The van der Waals surface area contributed by atoms with Crippen LogP contribution >= 0.6 is 0 Å². The lowest BCUT2D eigenvalue weighted by Gasteiger charge is -2.29.